The predicted octanol–water partition coefficient (Wildman–Crippen LogP) is 4.46. The number of anilines is 2. The Labute approximate surface area is 165 Å². The van der Waals surface area contributed by atoms with Crippen LogP contribution in [0, 0.1) is 6.92 Å². The van der Waals surface area contributed by atoms with Crippen LogP contribution in [0.3, 0.4) is 0 Å². The van der Waals surface area contributed by atoms with E-state index in [0.29, 0.717) is 5.76 Å². The number of carbonyl (C=O) groups excluding carboxylic acids is 2. The van der Waals surface area contributed by atoms with Crippen LogP contribution in [-0.4, -0.2) is 28.0 Å². The first-order valence-corrected chi connectivity index (χ1v) is 9.43. The summed E-state index contributed by atoms with van der Waals surface area (Å²) in [5.41, 5.74) is -0.866. The van der Waals surface area contributed by atoms with Gasteiger partial charge in [0.15, 0.2) is 5.82 Å². The third kappa shape index (κ3) is 6.28. The Hall–Kier alpha value is -2.01. The Bertz CT molecular complexity index is 842. The van der Waals surface area contributed by atoms with Gasteiger partial charge in [-0.15, -0.1) is 11.8 Å². The summed E-state index contributed by atoms with van der Waals surface area (Å²) in [4.78, 5) is 24.0. The molecule has 11 heteroatoms. The van der Waals surface area contributed by atoms with Crippen molar-refractivity contribution in [1.29, 1.82) is 0 Å². The van der Waals surface area contributed by atoms with Crippen LogP contribution in [0.4, 0.5) is 24.7 Å². The number of thioether (sulfide) groups is 1. The second kappa shape index (κ2) is 8.79. The van der Waals surface area contributed by atoms with Crippen LogP contribution < -0.4 is 10.6 Å². The largest absolute Gasteiger partial charge is 0.417 e. The highest BCUT2D eigenvalue weighted by Gasteiger charge is 2.33. The summed E-state index contributed by atoms with van der Waals surface area (Å²) < 4.78 is 43.4. The molecule has 1 heterocycles. The Morgan fingerprint density at radius 1 is 1.30 bits per heavy atom. The zero-order valence-electron chi connectivity index (χ0n) is 14.2. The maximum absolute atomic E-state index is 12.9. The zero-order valence-corrected chi connectivity index (χ0v) is 16.6. The second-order valence-corrected chi connectivity index (χ2v) is 7.69. The van der Waals surface area contributed by atoms with Crippen LogP contribution in [0.5, 0.6) is 0 Å². The molecular formula is C16H15BrF3N3O3S. The monoisotopic (exact) mass is 465 g/mol. The van der Waals surface area contributed by atoms with E-state index in [1.807, 2.05) is 0 Å². The summed E-state index contributed by atoms with van der Waals surface area (Å²) in [7, 11) is 0. The molecule has 0 fully saturated rings. The van der Waals surface area contributed by atoms with Gasteiger partial charge in [0.2, 0.25) is 11.8 Å². The molecule has 2 aromatic rings. The van der Waals surface area contributed by atoms with E-state index in [0.717, 1.165) is 17.8 Å². The van der Waals surface area contributed by atoms with Crippen LogP contribution in [0.15, 0.2) is 33.3 Å². The average Bonchev–Trinajstić information content (AvgIpc) is 2.98. The average molecular weight is 466 g/mol. The van der Waals surface area contributed by atoms with Crippen molar-refractivity contribution in [3.05, 3.63) is 40.1 Å². The van der Waals surface area contributed by atoms with Gasteiger partial charge in [-0.25, -0.2) is 0 Å². The Morgan fingerprint density at radius 2 is 2.00 bits per heavy atom. The summed E-state index contributed by atoms with van der Waals surface area (Å²) in [5.74, 6) is -0.192. The highest BCUT2D eigenvalue weighted by atomic mass is 79.9. The van der Waals surface area contributed by atoms with Crippen LogP contribution in [-0.2, 0) is 15.8 Å². The molecule has 2 N–H and O–H groups in total. The first-order valence-electron chi connectivity index (χ1n) is 7.58. The molecule has 1 aromatic carbocycles. The van der Waals surface area contributed by atoms with Gasteiger partial charge in [0.1, 0.15) is 5.76 Å². The standard InChI is InChI=1S/C16H15BrF3N3O3S/c1-8-5-13(23-26-8)22-15(25)9(2)27-7-14(24)21-10-3-4-12(17)11(6-10)16(18,19)20/h3-6,9H,7H2,1-2H3,(H,21,24)(H,22,23,25)/t9-/m1/s1. The molecule has 2 rings (SSSR count). The van der Waals surface area contributed by atoms with E-state index in [-0.39, 0.29) is 27.6 Å². The van der Waals surface area contributed by atoms with E-state index in [4.69, 9.17) is 4.52 Å². The van der Waals surface area contributed by atoms with E-state index in [1.54, 1.807) is 19.9 Å². The molecule has 0 saturated carbocycles. The number of halogens is 4. The van der Waals surface area contributed by atoms with Gasteiger partial charge in [0.25, 0.3) is 0 Å². The molecular weight excluding hydrogens is 451 g/mol. The SMILES string of the molecule is Cc1cc(NC(=O)[C@@H](C)SCC(=O)Nc2ccc(Br)c(C(F)(F)F)c2)no1. The molecule has 0 aliphatic heterocycles. The van der Waals surface area contributed by atoms with Gasteiger partial charge in [0.05, 0.1) is 16.6 Å². The Balaban J connectivity index is 1.87. The fourth-order valence-corrected chi connectivity index (χ4v) is 3.10. The molecule has 27 heavy (non-hydrogen) atoms. The highest BCUT2D eigenvalue weighted by molar-refractivity contribution is 9.10. The van der Waals surface area contributed by atoms with Gasteiger partial charge < -0.3 is 15.2 Å². The van der Waals surface area contributed by atoms with E-state index in [9.17, 15) is 22.8 Å². The lowest BCUT2D eigenvalue weighted by Gasteiger charge is -2.13. The van der Waals surface area contributed by atoms with Crippen molar-refractivity contribution in [2.45, 2.75) is 25.3 Å². The number of alkyl halides is 3. The molecule has 1 atom stereocenters. The van der Waals surface area contributed by atoms with Gasteiger partial charge in [-0.05, 0) is 32.0 Å². The van der Waals surface area contributed by atoms with Gasteiger partial charge in [0, 0.05) is 16.2 Å². The minimum atomic E-state index is -4.54. The molecule has 146 valence electrons. The van der Waals surface area contributed by atoms with Gasteiger partial charge in [-0.3, -0.25) is 9.59 Å². The fourth-order valence-electron chi connectivity index (χ4n) is 1.95. The minimum absolute atomic E-state index is 0.0197. The summed E-state index contributed by atoms with van der Waals surface area (Å²) in [6.07, 6.45) is -4.54. The quantitative estimate of drug-likeness (QED) is 0.657. The number of nitrogens with one attached hydrogen (secondary N) is 2. The molecule has 0 unspecified atom stereocenters. The van der Waals surface area contributed by atoms with Gasteiger partial charge >= 0.3 is 6.18 Å². The number of aromatic nitrogens is 1. The number of aryl methyl sites for hydroxylation is 1. The smallest absolute Gasteiger partial charge is 0.360 e. The number of hydrogen-bond acceptors (Lipinski definition) is 5. The van der Waals surface area contributed by atoms with Crippen molar-refractivity contribution < 1.29 is 27.3 Å². The van der Waals surface area contributed by atoms with Crippen molar-refractivity contribution in [3.63, 3.8) is 0 Å². The number of hydrogen-bond donors (Lipinski definition) is 2. The normalized spacial score (nSPS) is 12.5. The second-order valence-electron chi connectivity index (χ2n) is 5.51. The number of amides is 2. The van der Waals surface area contributed by atoms with Crippen LogP contribution in [0.1, 0.15) is 18.2 Å². The lowest BCUT2D eigenvalue weighted by molar-refractivity contribution is -0.138. The zero-order chi connectivity index (χ0) is 20.2. The summed E-state index contributed by atoms with van der Waals surface area (Å²) in [6, 6.07) is 4.95. The molecule has 2 amide bonds. The van der Waals surface area contributed by atoms with E-state index >= 15 is 0 Å². The molecule has 0 saturated heterocycles. The number of rotatable bonds is 6. The van der Waals surface area contributed by atoms with Crippen molar-refractivity contribution in [1.82, 2.24) is 5.16 Å². The van der Waals surface area contributed by atoms with Crippen LogP contribution >= 0.6 is 27.7 Å². The lowest BCUT2D eigenvalue weighted by atomic mass is 10.2. The highest BCUT2D eigenvalue weighted by Crippen LogP contribution is 2.36. The topological polar surface area (TPSA) is 84.2 Å². The van der Waals surface area contributed by atoms with E-state index in [1.165, 1.54) is 12.1 Å². The third-order valence-electron chi connectivity index (χ3n) is 3.27. The van der Waals surface area contributed by atoms with Crippen LogP contribution in [0.2, 0.25) is 0 Å². The molecule has 0 spiro atoms. The summed E-state index contributed by atoms with van der Waals surface area (Å²) in [6.45, 7) is 3.28. The maximum Gasteiger partial charge on any atom is 0.417 e. The fraction of sp³-hybridized carbons (Fsp3) is 0.312. The molecule has 6 nitrogen and oxygen atoms in total. The lowest BCUT2D eigenvalue weighted by Crippen LogP contribution is -2.25. The molecule has 0 bridgehead atoms. The third-order valence-corrected chi connectivity index (χ3v) is 5.10. The van der Waals surface area contributed by atoms with Crippen molar-refractivity contribution in [2.75, 3.05) is 16.4 Å². The van der Waals surface area contributed by atoms with E-state index < -0.39 is 22.9 Å². The van der Waals surface area contributed by atoms with E-state index in [2.05, 4.69) is 31.7 Å². The molecule has 1 aromatic heterocycles. The first kappa shape index (κ1) is 21.3. The van der Waals surface area contributed by atoms with Gasteiger partial charge in [-0.1, -0.05) is 21.1 Å². The van der Waals surface area contributed by atoms with Crippen LogP contribution in [0.25, 0.3) is 0 Å². The number of benzene rings is 1. The predicted molar refractivity (Wildman–Crippen MR) is 99.6 cm³/mol. The number of nitrogens with zero attached hydrogens (tertiary/aromatic N) is 1. The Morgan fingerprint density at radius 3 is 2.59 bits per heavy atom. The summed E-state index contributed by atoms with van der Waals surface area (Å²) >= 11 is 3.87. The molecule has 0 aliphatic rings. The summed E-state index contributed by atoms with van der Waals surface area (Å²) in [5, 5.41) is 7.98. The number of carbonyl (C=O) groups is 2. The van der Waals surface area contributed by atoms with Crippen molar-refractivity contribution in [2.24, 2.45) is 0 Å². The minimum Gasteiger partial charge on any atom is -0.360 e. The molecule has 0 aliphatic carbocycles. The van der Waals surface area contributed by atoms with Crippen molar-refractivity contribution >= 4 is 51.0 Å². The first-order chi connectivity index (χ1) is 12.6. The van der Waals surface area contributed by atoms with Crippen molar-refractivity contribution in [3.8, 4) is 0 Å². The van der Waals surface area contributed by atoms with Gasteiger partial charge in [-0.2, -0.15) is 13.2 Å². The Kier molecular flexibility index (Phi) is 6.93. The maximum atomic E-state index is 12.9. The molecule has 0 radical (unpaired) electrons.